The van der Waals surface area contributed by atoms with E-state index in [0.29, 0.717) is 0 Å². The zero-order chi connectivity index (χ0) is 10.8. The SMILES string of the molecule is CCCN1CCNCC1.c1ccncc1. The summed E-state index contributed by atoms with van der Waals surface area (Å²) in [6.45, 7) is 8.37. The van der Waals surface area contributed by atoms with Gasteiger partial charge in [-0.25, -0.2) is 0 Å². The Balaban J connectivity index is 0.000000162. The average Bonchev–Trinajstić information content (AvgIpc) is 2.34. The molecule has 3 nitrogen and oxygen atoms in total. The van der Waals surface area contributed by atoms with Crippen LogP contribution in [0.5, 0.6) is 0 Å². The van der Waals surface area contributed by atoms with Gasteiger partial charge >= 0.3 is 0 Å². The highest BCUT2D eigenvalue weighted by Gasteiger charge is 2.06. The summed E-state index contributed by atoms with van der Waals surface area (Å²) in [6.07, 6.45) is 4.79. The fourth-order valence-corrected chi connectivity index (χ4v) is 1.56. The molecule has 1 aromatic heterocycles. The molecule has 0 unspecified atom stereocenters. The topological polar surface area (TPSA) is 28.2 Å². The normalized spacial score (nSPS) is 16.6. The molecule has 1 aliphatic rings. The molecule has 0 atom stereocenters. The summed E-state index contributed by atoms with van der Waals surface area (Å²) in [7, 11) is 0. The second-order valence-corrected chi connectivity index (χ2v) is 3.62. The lowest BCUT2D eigenvalue weighted by molar-refractivity contribution is 0.241. The van der Waals surface area contributed by atoms with Crippen molar-refractivity contribution >= 4 is 0 Å². The van der Waals surface area contributed by atoms with Crippen molar-refractivity contribution in [2.45, 2.75) is 13.3 Å². The minimum Gasteiger partial charge on any atom is -0.314 e. The van der Waals surface area contributed by atoms with E-state index in [2.05, 4.69) is 22.1 Å². The van der Waals surface area contributed by atoms with E-state index in [-0.39, 0.29) is 0 Å². The molecule has 0 spiro atoms. The van der Waals surface area contributed by atoms with E-state index in [1.54, 1.807) is 12.4 Å². The van der Waals surface area contributed by atoms with Crippen LogP contribution in [0.3, 0.4) is 0 Å². The summed E-state index contributed by atoms with van der Waals surface area (Å²) in [5, 5.41) is 3.33. The number of piperazine rings is 1. The molecule has 0 aromatic carbocycles. The second kappa shape index (κ2) is 8.38. The molecule has 1 aromatic rings. The Bertz CT molecular complexity index is 190. The molecule has 0 aliphatic carbocycles. The Morgan fingerprint density at radius 1 is 1.13 bits per heavy atom. The van der Waals surface area contributed by atoms with Crippen LogP contribution in [-0.2, 0) is 0 Å². The summed E-state index contributed by atoms with van der Waals surface area (Å²) in [5.74, 6) is 0. The maximum Gasteiger partial charge on any atom is 0.0267 e. The van der Waals surface area contributed by atoms with Gasteiger partial charge in [-0.1, -0.05) is 13.0 Å². The molecule has 1 N–H and O–H groups in total. The van der Waals surface area contributed by atoms with Crippen molar-refractivity contribution in [2.24, 2.45) is 0 Å². The van der Waals surface area contributed by atoms with Gasteiger partial charge in [0.1, 0.15) is 0 Å². The van der Waals surface area contributed by atoms with Crippen LogP contribution >= 0.6 is 0 Å². The fourth-order valence-electron chi connectivity index (χ4n) is 1.56. The van der Waals surface area contributed by atoms with Crippen molar-refractivity contribution in [1.29, 1.82) is 0 Å². The van der Waals surface area contributed by atoms with Crippen molar-refractivity contribution in [2.75, 3.05) is 32.7 Å². The lowest BCUT2D eigenvalue weighted by atomic mass is 10.3. The molecule has 0 amide bonds. The lowest BCUT2D eigenvalue weighted by Gasteiger charge is -2.26. The molecule has 1 fully saturated rings. The van der Waals surface area contributed by atoms with E-state index in [1.807, 2.05) is 18.2 Å². The van der Waals surface area contributed by atoms with Crippen molar-refractivity contribution in [3.63, 3.8) is 0 Å². The van der Waals surface area contributed by atoms with Gasteiger partial charge in [0.25, 0.3) is 0 Å². The molecule has 15 heavy (non-hydrogen) atoms. The first-order valence-electron chi connectivity index (χ1n) is 5.71. The van der Waals surface area contributed by atoms with Crippen molar-refractivity contribution in [3.05, 3.63) is 30.6 Å². The zero-order valence-corrected chi connectivity index (χ0v) is 9.52. The Morgan fingerprint density at radius 2 is 1.80 bits per heavy atom. The van der Waals surface area contributed by atoms with Crippen molar-refractivity contribution < 1.29 is 0 Å². The first-order valence-corrected chi connectivity index (χ1v) is 5.71. The van der Waals surface area contributed by atoms with E-state index >= 15 is 0 Å². The molecule has 3 heteroatoms. The highest BCUT2D eigenvalue weighted by atomic mass is 15.2. The predicted molar refractivity (Wildman–Crippen MR) is 63.8 cm³/mol. The second-order valence-electron chi connectivity index (χ2n) is 3.62. The highest BCUT2D eigenvalue weighted by Crippen LogP contribution is 1.92. The van der Waals surface area contributed by atoms with Crippen LogP contribution in [-0.4, -0.2) is 42.6 Å². The Hall–Kier alpha value is -0.930. The van der Waals surface area contributed by atoms with Gasteiger partial charge in [-0.05, 0) is 25.1 Å². The number of hydrogen-bond donors (Lipinski definition) is 1. The molecule has 84 valence electrons. The molecule has 2 heterocycles. The van der Waals surface area contributed by atoms with Crippen molar-refractivity contribution in [1.82, 2.24) is 15.2 Å². The summed E-state index contributed by atoms with van der Waals surface area (Å²) in [4.78, 5) is 6.30. The van der Waals surface area contributed by atoms with E-state index in [0.717, 1.165) is 0 Å². The number of pyridine rings is 1. The van der Waals surface area contributed by atoms with Crippen LogP contribution in [0.4, 0.5) is 0 Å². The van der Waals surface area contributed by atoms with Crippen molar-refractivity contribution in [3.8, 4) is 0 Å². The van der Waals surface area contributed by atoms with Gasteiger partial charge in [0.15, 0.2) is 0 Å². The minimum absolute atomic E-state index is 1.18. The largest absolute Gasteiger partial charge is 0.314 e. The Labute approximate surface area is 92.5 Å². The Morgan fingerprint density at radius 3 is 2.20 bits per heavy atom. The molecular formula is C12H21N3. The standard InChI is InChI=1S/C7H16N2.C5H5N/c1-2-5-9-6-3-8-4-7-9;1-2-4-6-5-3-1/h8H,2-7H2,1H3;1-5H. The van der Waals surface area contributed by atoms with Crippen LogP contribution in [0.25, 0.3) is 0 Å². The summed E-state index contributed by atoms with van der Waals surface area (Å²) >= 11 is 0. The molecular weight excluding hydrogens is 186 g/mol. The summed E-state index contributed by atoms with van der Waals surface area (Å²) in [5.41, 5.74) is 0. The average molecular weight is 207 g/mol. The third kappa shape index (κ3) is 6.20. The van der Waals surface area contributed by atoms with E-state index in [9.17, 15) is 0 Å². The third-order valence-electron chi connectivity index (χ3n) is 2.32. The summed E-state index contributed by atoms with van der Waals surface area (Å²) in [6, 6.07) is 5.72. The molecule has 0 bridgehead atoms. The van der Waals surface area contributed by atoms with Gasteiger partial charge in [0.05, 0.1) is 0 Å². The minimum atomic E-state index is 1.18. The number of nitrogens with zero attached hydrogens (tertiary/aromatic N) is 2. The maximum absolute atomic E-state index is 3.78. The van der Waals surface area contributed by atoms with Gasteiger partial charge < -0.3 is 10.2 Å². The number of nitrogens with one attached hydrogen (secondary N) is 1. The first kappa shape index (κ1) is 12.1. The molecule has 1 saturated heterocycles. The van der Waals surface area contributed by atoms with Gasteiger partial charge in [-0.3, -0.25) is 4.98 Å². The molecule has 0 radical (unpaired) electrons. The van der Waals surface area contributed by atoms with Gasteiger partial charge in [-0.2, -0.15) is 0 Å². The van der Waals surface area contributed by atoms with Gasteiger partial charge in [-0.15, -0.1) is 0 Å². The molecule has 1 aliphatic heterocycles. The molecule has 0 saturated carbocycles. The lowest BCUT2D eigenvalue weighted by Crippen LogP contribution is -2.43. The van der Waals surface area contributed by atoms with Crippen LogP contribution < -0.4 is 5.32 Å². The van der Waals surface area contributed by atoms with Crippen LogP contribution in [0.2, 0.25) is 0 Å². The number of rotatable bonds is 2. The van der Waals surface area contributed by atoms with Crippen LogP contribution in [0, 0.1) is 0 Å². The Kier molecular flexibility index (Phi) is 6.79. The van der Waals surface area contributed by atoms with Crippen LogP contribution in [0.1, 0.15) is 13.3 Å². The predicted octanol–water partition coefficient (Wildman–Crippen LogP) is 1.38. The highest BCUT2D eigenvalue weighted by molar-refractivity contribution is 4.88. The smallest absolute Gasteiger partial charge is 0.0267 e. The van der Waals surface area contributed by atoms with Gasteiger partial charge in [0.2, 0.25) is 0 Å². The third-order valence-corrected chi connectivity index (χ3v) is 2.32. The van der Waals surface area contributed by atoms with E-state index in [1.165, 1.54) is 39.1 Å². The van der Waals surface area contributed by atoms with Crippen LogP contribution in [0.15, 0.2) is 30.6 Å². The van der Waals surface area contributed by atoms with E-state index in [4.69, 9.17) is 0 Å². The molecule has 2 rings (SSSR count). The maximum atomic E-state index is 3.78. The summed E-state index contributed by atoms with van der Waals surface area (Å²) < 4.78 is 0. The number of hydrogen-bond acceptors (Lipinski definition) is 3. The zero-order valence-electron chi connectivity index (χ0n) is 9.52. The van der Waals surface area contributed by atoms with E-state index < -0.39 is 0 Å². The monoisotopic (exact) mass is 207 g/mol. The fraction of sp³-hybridized carbons (Fsp3) is 0.583. The number of aromatic nitrogens is 1. The first-order chi connectivity index (χ1) is 7.43. The van der Waals surface area contributed by atoms with Gasteiger partial charge in [0, 0.05) is 38.6 Å². The quantitative estimate of drug-likeness (QED) is 0.794.